The average molecular weight is 260 g/mol. The Bertz CT molecular complexity index is 590. The van der Waals surface area contributed by atoms with E-state index in [4.69, 9.17) is 9.84 Å². The van der Waals surface area contributed by atoms with Crippen molar-refractivity contribution in [3.8, 4) is 5.75 Å². The molecule has 2 rings (SSSR count). The molecule has 0 fully saturated rings. The first kappa shape index (κ1) is 13.1. The minimum Gasteiger partial charge on any atom is -0.492 e. The molecule has 0 aliphatic heterocycles. The number of nitrogens with zero attached hydrogens (tertiary/aromatic N) is 2. The fourth-order valence-corrected chi connectivity index (χ4v) is 1.84. The molecule has 0 aliphatic rings. The molecule has 0 atom stereocenters. The van der Waals surface area contributed by atoms with Crippen molar-refractivity contribution in [2.45, 2.75) is 20.4 Å². The summed E-state index contributed by atoms with van der Waals surface area (Å²) in [6.45, 7) is 4.55. The first-order valence-electron chi connectivity index (χ1n) is 6.03. The van der Waals surface area contributed by atoms with Gasteiger partial charge in [0, 0.05) is 0 Å². The van der Waals surface area contributed by atoms with Crippen LogP contribution < -0.4 is 4.74 Å². The highest BCUT2D eigenvalue weighted by atomic mass is 16.5. The summed E-state index contributed by atoms with van der Waals surface area (Å²) < 4.78 is 7.03. The van der Waals surface area contributed by atoms with Gasteiger partial charge in [-0.25, -0.2) is 4.79 Å². The number of aromatic nitrogens is 2. The van der Waals surface area contributed by atoms with Crippen LogP contribution in [0.15, 0.2) is 30.3 Å². The number of carbonyl (C=O) groups is 1. The van der Waals surface area contributed by atoms with Crippen LogP contribution in [0.1, 0.15) is 21.7 Å². The van der Waals surface area contributed by atoms with Crippen LogP contribution in [0.25, 0.3) is 0 Å². The van der Waals surface area contributed by atoms with E-state index < -0.39 is 5.97 Å². The van der Waals surface area contributed by atoms with Gasteiger partial charge in [0.25, 0.3) is 0 Å². The van der Waals surface area contributed by atoms with Crippen molar-refractivity contribution in [2.24, 2.45) is 0 Å². The minimum absolute atomic E-state index is 0.186. The molecule has 100 valence electrons. The van der Waals surface area contributed by atoms with Gasteiger partial charge < -0.3 is 9.84 Å². The highest BCUT2D eigenvalue weighted by Crippen LogP contribution is 2.12. The normalized spacial score (nSPS) is 10.4. The topological polar surface area (TPSA) is 64.4 Å². The molecule has 5 heteroatoms. The van der Waals surface area contributed by atoms with Crippen LogP contribution in [-0.4, -0.2) is 27.5 Å². The highest BCUT2D eigenvalue weighted by Gasteiger charge is 2.12. The van der Waals surface area contributed by atoms with E-state index in [0.29, 0.717) is 18.8 Å². The zero-order valence-corrected chi connectivity index (χ0v) is 11.0. The van der Waals surface area contributed by atoms with Crippen LogP contribution in [0, 0.1) is 13.8 Å². The summed E-state index contributed by atoms with van der Waals surface area (Å²) in [5, 5.41) is 13.2. The molecule has 5 nitrogen and oxygen atoms in total. The molecule has 0 amide bonds. The zero-order chi connectivity index (χ0) is 13.8. The van der Waals surface area contributed by atoms with Crippen molar-refractivity contribution in [3.63, 3.8) is 0 Å². The van der Waals surface area contributed by atoms with Crippen molar-refractivity contribution in [2.75, 3.05) is 6.61 Å². The summed E-state index contributed by atoms with van der Waals surface area (Å²) in [5.41, 5.74) is 2.00. The summed E-state index contributed by atoms with van der Waals surface area (Å²) >= 11 is 0. The number of aromatic carboxylic acids is 1. The molecule has 1 N–H and O–H groups in total. The second-order valence-electron chi connectivity index (χ2n) is 4.36. The van der Waals surface area contributed by atoms with Gasteiger partial charge in [-0.2, -0.15) is 5.10 Å². The first-order chi connectivity index (χ1) is 9.06. The Morgan fingerprint density at radius 3 is 2.84 bits per heavy atom. The Hall–Kier alpha value is -2.30. The summed E-state index contributed by atoms with van der Waals surface area (Å²) in [5.74, 6) is -0.197. The third-order valence-electron chi connectivity index (χ3n) is 2.68. The second kappa shape index (κ2) is 5.56. The molecule has 0 spiro atoms. The van der Waals surface area contributed by atoms with Gasteiger partial charge in [0.05, 0.1) is 12.2 Å². The van der Waals surface area contributed by atoms with Gasteiger partial charge >= 0.3 is 5.97 Å². The molecule has 0 unspecified atom stereocenters. The second-order valence-corrected chi connectivity index (χ2v) is 4.36. The Labute approximate surface area is 111 Å². The lowest BCUT2D eigenvalue weighted by Gasteiger charge is -2.08. The van der Waals surface area contributed by atoms with E-state index in [9.17, 15) is 4.79 Å². The lowest BCUT2D eigenvalue weighted by Crippen LogP contribution is -2.15. The maximum Gasteiger partial charge on any atom is 0.354 e. The lowest BCUT2D eigenvalue weighted by molar-refractivity contribution is 0.0682. The minimum atomic E-state index is -0.976. The van der Waals surface area contributed by atoms with Crippen molar-refractivity contribution >= 4 is 5.97 Å². The van der Waals surface area contributed by atoms with Crippen molar-refractivity contribution in [1.82, 2.24) is 9.78 Å². The predicted molar refractivity (Wildman–Crippen MR) is 70.6 cm³/mol. The molecular formula is C14H16N2O3. The molecule has 1 aromatic heterocycles. The standard InChI is InChI=1S/C14H16N2O3/c1-10-4-3-5-12(8-10)19-7-6-16-13(14(17)18)9-11(2)15-16/h3-5,8-9H,6-7H2,1-2H3,(H,17,18). The van der Waals surface area contributed by atoms with Gasteiger partial charge in [0.15, 0.2) is 0 Å². The van der Waals surface area contributed by atoms with E-state index in [1.165, 1.54) is 4.68 Å². The van der Waals surface area contributed by atoms with Crippen LogP contribution in [0.4, 0.5) is 0 Å². The molecule has 0 radical (unpaired) electrons. The predicted octanol–water partition coefficient (Wildman–Crippen LogP) is 2.28. The molecule has 2 aromatic rings. The first-order valence-corrected chi connectivity index (χ1v) is 6.03. The maximum absolute atomic E-state index is 11.0. The van der Waals surface area contributed by atoms with Gasteiger partial charge in [-0.3, -0.25) is 4.68 Å². The fourth-order valence-electron chi connectivity index (χ4n) is 1.84. The number of hydrogen-bond donors (Lipinski definition) is 1. The third kappa shape index (κ3) is 3.34. The van der Waals surface area contributed by atoms with Gasteiger partial charge in [-0.15, -0.1) is 0 Å². The number of hydrogen-bond acceptors (Lipinski definition) is 3. The molecule has 0 aliphatic carbocycles. The summed E-state index contributed by atoms with van der Waals surface area (Å²) in [6.07, 6.45) is 0. The van der Waals surface area contributed by atoms with Crippen molar-refractivity contribution in [3.05, 3.63) is 47.3 Å². The van der Waals surface area contributed by atoms with Crippen LogP contribution in [0.2, 0.25) is 0 Å². The van der Waals surface area contributed by atoms with Crippen LogP contribution in [0.3, 0.4) is 0 Å². The quantitative estimate of drug-likeness (QED) is 0.895. The van der Waals surface area contributed by atoms with Gasteiger partial charge in [-0.1, -0.05) is 12.1 Å². The summed E-state index contributed by atoms with van der Waals surface area (Å²) in [4.78, 5) is 11.0. The monoisotopic (exact) mass is 260 g/mol. The summed E-state index contributed by atoms with van der Waals surface area (Å²) in [6, 6.07) is 9.28. The lowest BCUT2D eigenvalue weighted by atomic mass is 10.2. The summed E-state index contributed by atoms with van der Waals surface area (Å²) in [7, 11) is 0. The Morgan fingerprint density at radius 2 is 2.16 bits per heavy atom. The molecular weight excluding hydrogens is 244 g/mol. The van der Waals surface area contributed by atoms with Crippen molar-refractivity contribution in [1.29, 1.82) is 0 Å². The smallest absolute Gasteiger partial charge is 0.354 e. The number of rotatable bonds is 5. The average Bonchev–Trinajstić information content (AvgIpc) is 2.71. The molecule has 19 heavy (non-hydrogen) atoms. The van der Waals surface area contributed by atoms with Crippen LogP contribution >= 0.6 is 0 Å². The zero-order valence-electron chi connectivity index (χ0n) is 11.0. The third-order valence-corrected chi connectivity index (χ3v) is 2.68. The van der Waals surface area contributed by atoms with Crippen LogP contribution in [-0.2, 0) is 6.54 Å². The van der Waals surface area contributed by atoms with E-state index >= 15 is 0 Å². The van der Waals surface area contributed by atoms with Crippen LogP contribution in [0.5, 0.6) is 5.75 Å². The van der Waals surface area contributed by atoms with E-state index in [-0.39, 0.29) is 5.69 Å². The highest BCUT2D eigenvalue weighted by molar-refractivity contribution is 5.85. The number of aryl methyl sites for hydroxylation is 2. The molecule has 1 heterocycles. The largest absolute Gasteiger partial charge is 0.492 e. The Morgan fingerprint density at radius 1 is 1.37 bits per heavy atom. The SMILES string of the molecule is Cc1cccc(OCCn2nc(C)cc2C(=O)O)c1. The van der Waals surface area contributed by atoms with Gasteiger partial charge in [0.2, 0.25) is 0 Å². The maximum atomic E-state index is 11.0. The van der Waals surface area contributed by atoms with Gasteiger partial charge in [-0.05, 0) is 37.6 Å². The number of carboxylic acid groups (broad SMARTS) is 1. The molecule has 1 aromatic carbocycles. The number of ether oxygens (including phenoxy) is 1. The van der Waals surface area contributed by atoms with Crippen molar-refractivity contribution < 1.29 is 14.6 Å². The Balaban J connectivity index is 1.98. The van der Waals surface area contributed by atoms with E-state index in [1.807, 2.05) is 31.2 Å². The number of benzene rings is 1. The number of carboxylic acids is 1. The fraction of sp³-hybridized carbons (Fsp3) is 0.286. The molecule has 0 bridgehead atoms. The van der Waals surface area contributed by atoms with E-state index in [1.54, 1.807) is 13.0 Å². The molecule has 0 saturated heterocycles. The van der Waals surface area contributed by atoms with E-state index in [2.05, 4.69) is 5.10 Å². The molecule has 0 saturated carbocycles. The Kier molecular flexibility index (Phi) is 3.85. The van der Waals surface area contributed by atoms with Gasteiger partial charge in [0.1, 0.15) is 18.1 Å². The van der Waals surface area contributed by atoms with E-state index in [0.717, 1.165) is 11.3 Å².